The molecule has 1 heterocycles. The minimum Gasteiger partial charge on any atom is -0.492 e. The maximum Gasteiger partial charge on any atom is 0.237 e. The van der Waals surface area contributed by atoms with Gasteiger partial charge in [-0.3, -0.25) is 4.79 Å². The second-order valence-corrected chi connectivity index (χ2v) is 4.25. The zero-order valence-corrected chi connectivity index (χ0v) is 10.1. The van der Waals surface area contributed by atoms with Gasteiger partial charge in [0, 0.05) is 6.07 Å². The van der Waals surface area contributed by atoms with Crippen LogP contribution in [-0.2, 0) is 4.79 Å². The molecule has 1 amide bonds. The Morgan fingerprint density at radius 2 is 2.44 bits per heavy atom. The van der Waals surface area contributed by atoms with E-state index in [1.807, 2.05) is 0 Å². The van der Waals surface area contributed by atoms with E-state index in [0.717, 1.165) is 19.4 Å². The summed E-state index contributed by atoms with van der Waals surface area (Å²) >= 11 is 0. The zero-order chi connectivity index (χ0) is 12.8. The summed E-state index contributed by atoms with van der Waals surface area (Å²) in [6.45, 7) is 1.66. The number of carbonyl (C=O) groups excluding carboxylic acids is 1. The Bertz CT molecular complexity index is 406. The van der Waals surface area contributed by atoms with Gasteiger partial charge < -0.3 is 15.4 Å². The fourth-order valence-corrected chi connectivity index (χ4v) is 1.93. The molecule has 0 saturated carbocycles. The summed E-state index contributed by atoms with van der Waals surface area (Å²) in [6, 6.07) is 5.88. The average molecular weight is 252 g/mol. The Morgan fingerprint density at radius 1 is 1.56 bits per heavy atom. The van der Waals surface area contributed by atoms with E-state index in [2.05, 4.69) is 10.6 Å². The highest BCUT2D eigenvalue weighted by atomic mass is 19.1. The first kappa shape index (κ1) is 12.8. The van der Waals surface area contributed by atoms with Crippen LogP contribution in [0.5, 0.6) is 5.75 Å². The van der Waals surface area contributed by atoms with Gasteiger partial charge in [-0.2, -0.15) is 0 Å². The first-order valence-electron chi connectivity index (χ1n) is 6.15. The molecule has 1 saturated heterocycles. The van der Waals surface area contributed by atoms with E-state index in [9.17, 15) is 9.18 Å². The maximum absolute atomic E-state index is 12.9. The van der Waals surface area contributed by atoms with Crippen molar-refractivity contribution in [1.29, 1.82) is 0 Å². The monoisotopic (exact) mass is 252 g/mol. The zero-order valence-electron chi connectivity index (χ0n) is 10.1. The van der Waals surface area contributed by atoms with Gasteiger partial charge in [-0.15, -0.1) is 0 Å². The van der Waals surface area contributed by atoms with Crippen molar-refractivity contribution < 1.29 is 13.9 Å². The van der Waals surface area contributed by atoms with Crippen LogP contribution in [0.1, 0.15) is 12.8 Å². The van der Waals surface area contributed by atoms with Crippen LogP contribution in [0.3, 0.4) is 0 Å². The van der Waals surface area contributed by atoms with Crippen LogP contribution >= 0.6 is 0 Å². The molecule has 18 heavy (non-hydrogen) atoms. The van der Waals surface area contributed by atoms with Crippen LogP contribution in [0.15, 0.2) is 24.3 Å². The summed E-state index contributed by atoms with van der Waals surface area (Å²) in [4.78, 5) is 11.6. The molecule has 5 heteroatoms. The van der Waals surface area contributed by atoms with E-state index in [4.69, 9.17) is 4.74 Å². The molecule has 1 aliphatic heterocycles. The molecule has 1 aromatic carbocycles. The second-order valence-electron chi connectivity index (χ2n) is 4.25. The van der Waals surface area contributed by atoms with Gasteiger partial charge >= 0.3 is 0 Å². The fourth-order valence-electron chi connectivity index (χ4n) is 1.93. The molecular formula is C13H17FN2O2. The van der Waals surface area contributed by atoms with Gasteiger partial charge in [0.2, 0.25) is 5.91 Å². The minimum absolute atomic E-state index is 0.00958. The first-order valence-corrected chi connectivity index (χ1v) is 6.15. The Balaban J connectivity index is 1.65. The third-order valence-electron chi connectivity index (χ3n) is 2.84. The molecule has 1 aromatic rings. The van der Waals surface area contributed by atoms with Crippen LogP contribution < -0.4 is 15.4 Å². The normalized spacial score (nSPS) is 18.6. The average Bonchev–Trinajstić information content (AvgIpc) is 2.88. The number of halogens is 1. The molecule has 98 valence electrons. The molecule has 0 radical (unpaired) electrons. The summed E-state index contributed by atoms with van der Waals surface area (Å²) < 4.78 is 18.2. The van der Waals surface area contributed by atoms with E-state index >= 15 is 0 Å². The lowest BCUT2D eigenvalue weighted by molar-refractivity contribution is -0.122. The lowest BCUT2D eigenvalue weighted by Crippen LogP contribution is -2.41. The van der Waals surface area contributed by atoms with Gasteiger partial charge in [0.25, 0.3) is 0 Å². The Morgan fingerprint density at radius 3 is 3.17 bits per heavy atom. The highest BCUT2D eigenvalue weighted by Gasteiger charge is 2.21. The molecule has 2 N–H and O–H groups in total. The summed E-state index contributed by atoms with van der Waals surface area (Å²) in [6.07, 6.45) is 1.93. The molecule has 1 aliphatic rings. The standard InChI is InChI=1S/C13H17FN2O2/c14-10-3-1-4-11(9-10)18-8-7-16-13(17)12-5-2-6-15-12/h1,3-4,9,12,15H,2,5-8H2,(H,16,17). The lowest BCUT2D eigenvalue weighted by Gasteiger charge is -2.11. The molecule has 0 bridgehead atoms. The van der Waals surface area contributed by atoms with Gasteiger partial charge in [-0.1, -0.05) is 6.07 Å². The quantitative estimate of drug-likeness (QED) is 0.771. The van der Waals surface area contributed by atoms with Crippen molar-refractivity contribution in [1.82, 2.24) is 10.6 Å². The maximum atomic E-state index is 12.9. The van der Waals surface area contributed by atoms with Crippen molar-refractivity contribution in [3.8, 4) is 5.75 Å². The van der Waals surface area contributed by atoms with E-state index in [0.29, 0.717) is 18.9 Å². The largest absolute Gasteiger partial charge is 0.492 e. The number of ether oxygens (including phenoxy) is 1. The molecular weight excluding hydrogens is 235 g/mol. The number of hydrogen-bond acceptors (Lipinski definition) is 3. The van der Waals surface area contributed by atoms with Gasteiger partial charge in [0.05, 0.1) is 12.6 Å². The summed E-state index contributed by atoms with van der Waals surface area (Å²) in [5, 5.41) is 5.91. The highest BCUT2D eigenvalue weighted by Crippen LogP contribution is 2.11. The van der Waals surface area contributed by atoms with E-state index in [-0.39, 0.29) is 17.8 Å². The summed E-state index contributed by atoms with van der Waals surface area (Å²) in [7, 11) is 0. The third kappa shape index (κ3) is 3.70. The van der Waals surface area contributed by atoms with Crippen molar-refractivity contribution in [2.75, 3.05) is 19.7 Å². The van der Waals surface area contributed by atoms with Crippen LogP contribution in [0.4, 0.5) is 4.39 Å². The number of benzene rings is 1. The van der Waals surface area contributed by atoms with Crippen LogP contribution in [0.25, 0.3) is 0 Å². The third-order valence-corrected chi connectivity index (χ3v) is 2.84. The SMILES string of the molecule is O=C(NCCOc1cccc(F)c1)C1CCCN1. The predicted octanol–water partition coefficient (Wildman–Crippen LogP) is 1.07. The Kier molecular flexibility index (Phi) is 4.52. The van der Waals surface area contributed by atoms with Crippen LogP contribution in [0, 0.1) is 5.82 Å². The highest BCUT2D eigenvalue weighted by molar-refractivity contribution is 5.81. The predicted molar refractivity (Wildman–Crippen MR) is 65.9 cm³/mol. The fraction of sp³-hybridized carbons (Fsp3) is 0.462. The van der Waals surface area contributed by atoms with Gasteiger partial charge in [-0.25, -0.2) is 4.39 Å². The molecule has 4 nitrogen and oxygen atoms in total. The number of nitrogens with one attached hydrogen (secondary N) is 2. The van der Waals surface area contributed by atoms with Crippen molar-refractivity contribution in [2.24, 2.45) is 0 Å². The van der Waals surface area contributed by atoms with E-state index < -0.39 is 0 Å². The minimum atomic E-state index is -0.327. The topological polar surface area (TPSA) is 50.4 Å². The Hall–Kier alpha value is -1.62. The van der Waals surface area contributed by atoms with Crippen LogP contribution in [-0.4, -0.2) is 31.6 Å². The van der Waals surface area contributed by atoms with Gasteiger partial charge in [0.1, 0.15) is 18.2 Å². The van der Waals surface area contributed by atoms with Crippen LogP contribution in [0.2, 0.25) is 0 Å². The smallest absolute Gasteiger partial charge is 0.237 e. The number of rotatable bonds is 5. The molecule has 1 unspecified atom stereocenters. The summed E-state index contributed by atoms with van der Waals surface area (Å²) in [5.74, 6) is 0.158. The van der Waals surface area contributed by atoms with Crippen molar-refractivity contribution in [3.05, 3.63) is 30.1 Å². The van der Waals surface area contributed by atoms with Gasteiger partial charge in [-0.05, 0) is 31.5 Å². The molecule has 0 aliphatic carbocycles. The molecule has 1 atom stereocenters. The molecule has 2 rings (SSSR count). The van der Waals surface area contributed by atoms with Crippen molar-refractivity contribution in [2.45, 2.75) is 18.9 Å². The molecule has 1 fully saturated rings. The van der Waals surface area contributed by atoms with Crippen molar-refractivity contribution >= 4 is 5.91 Å². The number of hydrogen-bond donors (Lipinski definition) is 2. The molecule has 0 spiro atoms. The van der Waals surface area contributed by atoms with E-state index in [1.165, 1.54) is 12.1 Å². The first-order chi connectivity index (χ1) is 8.75. The van der Waals surface area contributed by atoms with E-state index in [1.54, 1.807) is 12.1 Å². The number of amides is 1. The molecule has 0 aromatic heterocycles. The Labute approximate surface area is 106 Å². The summed E-state index contributed by atoms with van der Waals surface area (Å²) in [5.41, 5.74) is 0. The second kappa shape index (κ2) is 6.35. The van der Waals surface area contributed by atoms with Crippen molar-refractivity contribution in [3.63, 3.8) is 0 Å². The lowest BCUT2D eigenvalue weighted by atomic mass is 10.2. The van der Waals surface area contributed by atoms with Gasteiger partial charge in [0.15, 0.2) is 0 Å². The number of carbonyl (C=O) groups is 1.